The summed E-state index contributed by atoms with van der Waals surface area (Å²) in [5.41, 5.74) is 0.629. The number of amides is 2. The van der Waals surface area contributed by atoms with E-state index in [1.54, 1.807) is 6.92 Å². The second-order valence-corrected chi connectivity index (χ2v) is 5.14. The molecule has 0 aromatic heterocycles. The van der Waals surface area contributed by atoms with Crippen molar-refractivity contribution in [1.82, 2.24) is 10.6 Å². The standard InChI is InChI=1S/C15H21F3N2O3/c1-3-4-12(21)9-19-14(22)20-10(2)11-5-7-13(8-6-11)23-15(16,17)18/h5-8,10,12,21H,3-4,9H2,1-2H3,(H2,19,20,22). The van der Waals surface area contributed by atoms with Crippen molar-refractivity contribution < 1.29 is 27.8 Å². The quantitative estimate of drug-likeness (QED) is 0.717. The summed E-state index contributed by atoms with van der Waals surface area (Å²) < 4.78 is 40.0. The fourth-order valence-electron chi connectivity index (χ4n) is 1.93. The molecule has 130 valence electrons. The molecule has 2 amide bonds. The van der Waals surface area contributed by atoms with Gasteiger partial charge in [-0.3, -0.25) is 0 Å². The van der Waals surface area contributed by atoms with Gasteiger partial charge in [0.2, 0.25) is 0 Å². The van der Waals surface area contributed by atoms with Gasteiger partial charge in [-0.1, -0.05) is 25.5 Å². The maximum atomic E-state index is 12.1. The molecule has 1 aromatic carbocycles. The molecule has 0 aliphatic heterocycles. The highest BCUT2D eigenvalue weighted by atomic mass is 19.4. The molecule has 0 radical (unpaired) electrons. The summed E-state index contributed by atoms with van der Waals surface area (Å²) in [7, 11) is 0. The molecule has 8 heteroatoms. The van der Waals surface area contributed by atoms with E-state index < -0.39 is 24.5 Å². The van der Waals surface area contributed by atoms with Gasteiger partial charge in [0.25, 0.3) is 0 Å². The number of nitrogens with one attached hydrogen (secondary N) is 2. The Morgan fingerprint density at radius 2 is 1.91 bits per heavy atom. The van der Waals surface area contributed by atoms with Crippen molar-refractivity contribution >= 4 is 6.03 Å². The van der Waals surface area contributed by atoms with Crippen LogP contribution in [0.5, 0.6) is 5.75 Å². The molecule has 0 aliphatic carbocycles. The number of rotatable bonds is 7. The van der Waals surface area contributed by atoms with Gasteiger partial charge in [0.05, 0.1) is 12.1 Å². The summed E-state index contributed by atoms with van der Waals surface area (Å²) in [6.45, 7) is 3.77. The number of aliphatic hydroxyl groups excluding tert-OH is 1. The number of carbonyl (C=O) groups excluding carboxylic acids is 1. The number of hydrogen-bond donors (Lipinski definition) is 3. The molecule has 2 unspecified atom stereocenters. The lowest BCUT2D eigenvalue weighted by Gasteiger charge is -2.17. The smallest absolute Gasteiger partial charge is 0.406 e. The van der Waals surface area contributed by atoms with Crippen molar-refractivity contribution in [2.75, 3.05) is 6.54 Å². The largest absolute Gasteiger partial charge is 0.573 e. The number of halogens is 3. The lowest BCUT2D eigenvalue weighted by molar-refractivity contribution is -0.274. The van der Waals surface area contributed by atoms with Gasteiger partial charge in [0.15, 0.2) is 0 Å². The summed E-state index contributed by atoms with van der Waals surface area (Å²) in [6, 6.07) is 4.39. The second-order valence-electron chi connectivity index (χ2n) is 5.14. The first kappa shape index (κ1) is 19.1. The predicted octanol–water partition coefficient (Wildman–Crippen LogP) is 3.11. The minimum absolute atomic E-state index is 0.144. The Kier molecular flexibility index (Phi) is 7.15. The molecule has 0 fully saturated rings. The summed E-state index contributed by atoms with van der Waals surface area (Å²) >= 11 is 0. The molecule has 0 bridgehead atoms. The van der Waals surface area contributed by atoms with E-state index in [1.807, 2.05) is 6.92 Å². The van der Waals surface area contributed by atoms with Crippen LogP contribution in [0.2, 0.25) is 0 Å². The van der Waals surface area contributed by atoms with Crippen LogP contribution in [0.4, 0.5) is 18.0 Å². The van der Waals surface area contributed by atoms with Gasteiger partial charge in [-0.15, -0.1) is 13.2 Å². The molecular formula is C15H21F3N2O3. The zero-order valence-electron chi connectivity index (χ0n) is 13.0. The third kappa shape index (κ3) is 7.73. The first-order valence-corrected chi connectivity index (χ1v) is 7.29. The molecule has 0 spiro atoms. The summed E-state index contributed by atoms with van der Waals surface area (Å²) in [5, 5.41) is 14.7. The maximum absolute atomic E-state index is 12.1. The zero-order chi connectivity index (χ0) is 17.5. The Balaban J connectivity index is 2.48. The number of hydrogen-bond acceptors (Lipinski definition) is 3. The molecule has 1 rings (SSSR count). The topological polar surface area (TPSA) is 70.6 Å². The highest BCUT2D eigenvalue weighted by Crippen LogP contribution is 2.24. The van der Waals surface area contributed by atoms with Crippen LogP contribution in [-0.4, -0.2) is 30.1 Å². The summed E-state index contributed by atoms with van der Waals surface area (Å²) in [5.74, 6) is -0.319. The third-order valence-corrected chi connectivity index (χ3v) is 3.08. The average molecular weight is 334 g/mol. The van der Waals surface area contributed by atoms with Crippen molar-refractivity contribution in [1.29, 1.82) is 0 Å². The van der Waals surface area contributed by atoms with Crippen LogP contribution in [0.3, 0.4) is 0 Å². The minimum atomic E-state index is -4.73. The highest BCUT2D eigenvalue weighted by molar-refractivity contribution is 5.74. The molecule has 23 heavy (non-hydrogen) atoms. The van der Waals surface area contributed by atoms with E-state index in [0.29, 0.717) is 12.0 Å². The van der Waals surface area contributed by atoms with Gasteiger partial charge in [-0.2, -0.15) is 0 Å². The minimum Gasteiger partial charge on any atom is -0.406 e. The van der Waals surface area contributed by atoms with Crippen LogP contribution in [0.15, 0.2) is 24.3 Å². The van der Waals surface area contributed by atoms with Gasteiger partial charge in [0, 0.05) is 6.54 Å². The molecule has 0 aliphatic rings. The molecule has 0 saturated carbocycles. The molecule has 1 aromatic rings. The fourth-order valence-corrected chi connectivity index (χ4v) is 1.93. The highest BCUT2D eigenvalue weighted by Gasteiger charge is 2.31. The Morgan fingerprint density at radius 3 is 2.43 bits per heavy atom. The molecule has 5 nitrogen and oxygen atoms in total. The second kappa shape index (κ2) is 8.61. The zero-order valence-corrected chi connectivity index (χ0v) is 13.0. The van der Waals surface area contributed by atoms with Gasteiger partial charge < -0.3 is 20.5 Å². The van der Waals surface area contributed by atoms with E-state index in [4.69, 9.17) is 0 Å². The monoisotopic (exact) mass is 334 g/mol. The van der Waals surface area contributed by atoms with E-state index >= 15 is 0 Å². The van der Waals surface area contributed by atoms with Crippen molar-refractivity contribution in [2.45, 2.75) is 45.2 Å². The maximum Gasteiger partial charge on any atom is 0.573 e. The van der Waals surface area contributed by atoms with Crippen LogP contribution in [0.25, 0.3) is 0 Å². The van der Waals surface area contributed by atoms with Gasteiger partial charge in [-0.25, -0.2) is 4.79 Å². The van der Waals surface area contributed by atoms with E-state index in [9.17, 15) is 23.1 Å². The van der Waals surface area contributed by atoms with E-state index in [0.717, 1.165) is 6.42 Å². The Morgan fingerprint density at radius 1 is 1.30 bits per heavy atom. The van der Waals surface area contributed by atoms with Crippen molar-refractivity contribution in [3.8, 4) is 5.75 Å². The number of urea groups is 1. The molecule has 3 N–H and O–H groups in total. The molecular weight excluding hydrogens is 313 g/mol. The molecule has 0 saturated heterocycles. The number of ether oxygens (including phenoxy) is 1. The summed E-state index contributed by atoms with van der Waals surface area (Å²) in [6.07, 6.45) is -3.92. The normalized spacial score (nSPS) is 14.0. The van der Waals surface area contributed by atoms with Gasteiger partial charge in [-0.05, 0) is 31.0 Å². The van der Waals surface area contributed by atoms with Crippen molar-refractivity contribution in [3.63, 3.8) is 0 Å². The van der Waals surface area contributed by atoms with Gasteiger partial charge >= 0.3 is 12.4 Å². The third-order valence-electron chi connectivity index (χ3n) is 3.08. The first-order chi connectivity index (χ1) is 10.7. The lowest BCUT2D eigenvalue weighted by atomic mass is 10.1. The number of aliphatic hydroxyl groups is 1. The summed E-state index contributed by atoms with van der Waals surface area (Å²) in [4.78, 5) is 11.7. The van der Waals surface area contributed by atoms with E-state index in [1.165, 1.54) is 24.3 Å². The van der Waals surface area contributed by atoms with Crippen LogP contribution in [0, 0.1) is 0 Å². The lowest BCUT2D eigenvalue weighted by Crippen LogP contribution is -2.40. The van der Waals surface area contributed by atoms with Crippen LogP contribution >= 0.6 is 0 Å². The predicted molar refractivity (Wildman–Crippen MR) is 79.0 cm³/mol. The molecule has 0 heterocycles. The Bertz CT molecular complexity index is 492. The number of alkyl halides is 3. The van der Waals surface area contributed by atoms with Crippen molar-refractivity contribution in [2.24, 2.45) is 0 Å². The molecule has 2 atom stereocenters. The SMILES string of the molecule is CCCC(O)CNC(=O)NC(C)c1ccc(OC(F)(F)F)cc1. The van der Waals surface area contributed by atoms with Crippen LogP contribution < -0.4 is 15.4 Å². The van der Waals surface area contributed by atoms with Crippen LogP contribution in [-0.2, 0) is 0 Å². The Hall–Kier alpha value is -1.96. The first-order valence-electron chi connectivity index (χ1n) is 7.29. The van der Waals surface area contributed by atoms with E-state index in [-0.39, 0.29) is 12.3 Å². The fraction of sp³-hybridized carbons (Fsp3) is 0.533. The Labute approximate surface area is 132 Å². The number of carbonyl (C=O) groups is 1. The van der Waals surface area contributed by atoms with Crippen LogP contribution in [0.1, 0.15) is 38.3 Å². The number of benzene rings is 1. The van der Waals surface area contributed by atoms with Gasteiger partial charge in [0.1, 0.15) is 5.75 Å². The van der Waals surface area contributed by atoms with E-state index in [2.05, 4.69) is 15.4 Å². The average Bonchev–Trinajstić information content (AvgIpc) is 2.44. The van der Waals surface area contributed by atoms with Crippen molar-refractivity contribution in [3.05, 3.63) is 29.8 Å².